The quantitative estimate of drug-likeness (QED) is 0.0269. The normalized spacial score (nSPS) is 12.9. The van der Waals surface area contributed by atoms with Crippen LogP contribution in [0, 0.1) is 0 Å². The second-order valence-electron chi connectivity index (χ2n) is 11.7. The van der Waals surface area contributed by atoms with Gasteiger partial charge in [0.2, 0.25) is 35.4 Å². The number of carbonyl (C=O) groups excluding carboxylic acids is 6. The Morgan fingerprint density at radius 3 is 0.754 bits per heavy atom. The second kappa shape index (κ2) is 36.0. The third-order valence-electron chi connectivity index (χ3n) is 6.74. The van der Waals surface area contributed by atoms with Gasteiger partial charge in [-0.2, -0.15) is 37.9 Å². The van der Waals surface area contributed by atoms with Crippen molar-refractivity contribution in [2.45, 2.75) is 74.8 Å². The molecule has 6 amide bonds. The molecule has 0 spiro atoms. The Morgan fingerprint density at radius 1 is 0.410 bits per heavy atom. The average Bonchev–Trinajstić information content (AvgIpc) is 3.18. The zero-order valence-electron chi connectivity index (χ0n) is 31.9. The van der Waals surface area contributed by atoms with E-state index < -0.39 is 127 Å². The number of rotatable bonds is 27. The zero-order chi connectivity index (χ0) is 47.1. The molecule has 0 heterocycles. The number of thiol groups is 3. The molecule has 0 aromatic carbocycles. The molecular weight excluding hydrogens is 978 g/mol. The van der Waals surface area contributed by atoms with Crippen LogP contribution in [0.25, 0.3) is 0 Å². The van der Waals surface area contributed by atoms with Crippen LogP contribution < -0.4 is 49.1 Å². The Kier molecular flexibility index (Phi) is 37.2. The molecule has 0 saturated heterocycles. The molecule has 31 heteroatoms. The summed E-state index contributed by atoms with van der Waals surface area (Å²) in [7, 11) is 0. The molecule has 0 saturated carbocycles. The van der Waals surface area contributed by atoms with E-state index in [1.54, 1.807) is 0 Å². The maximum atomic E-state index is 11.5. The van der Waals surface area contributed by atoms with E-state index in [9.17, 15) is 57.5 Å². The van der Waals surface area contributed by atoms with E-state index in [-0.39, 0.29) is 78.2 Å². The average molecular weight is 1030 g/mol. The van der Waals surface area contributed by atoms with Crippen molar-refractivity contribution in [1.29, 1.82) is 0 Å². The predicted molar refractivity (Wildman–Crippen MR) is 214 cm³/mol. The Labute approximate surface area is 378 Å². The van der Waals surface area contributed by atoms with Gasteiger partial charge in [-0.1, -0.05) is 0 Å². The first kappa shape index (κ1) is 63.0. The molecule has 61 heavy (non-hydrogen) atoms. The van der Waals surface area contributed by atoms with Crippen LogP contribution in [0.15, 0.2) is 0 Å². The van der Waals surface area contributed by atoms with E-state index >= 15 is 0 Å². The molecule has 0 bridgehead atoms. The summed E-state index contributed by atoms with van der Waals surface area (Å²) in [6.07, 6.45) is -0.705. The predicted octanol–water partition coefficient (Wildman–Crippen LogP) is -6.62. The Hall–Kier alpha value is -4.69. The van der Waals surface area contributed by atoms with Gasteiger partial charge in [0.05, 0.1) is 0 Å². The van der Waals surface area contributed by atoms with Crippen molar-refractivity contribution in [2.24, 2.45) is 17.2 Å². The van der Waals surface area contributed by atoms with Gasteiger partial charge in [-0.15, -0.1) is 0 Å². The van der Waals surface area contributed by atoms with Crippen molar-refractivity contribution in [3.8, 4) is 0 Å². The first-order valence-corrected chi connectivity index (χ1v) is 18.9. The molecular formula is C30H51AgN9O18S3. The number of nitrogens with one attached hydrogen (secondary N) is 6. The first-order valence-electron chi connectivity index (χ1n) is 17.0. The standard InChI is InChI=1S/3C10H17N3O6S.Ag/c3*11-5(10(18)19)1-2-7(14)13-6(4-20)9(17)12-3-8(15)16;/h3*5-6,20H,1-4,11H2,(H,12,17)(H,13,14)(H,15,16)(H,18,19);/t3*5?,6-;/m000./s1. The Morgan fingerprint density at radius 2 is 0.607 bits per heavy atom. The summed E-state index contributed by atoms with van der Waals surface area (Å²) in [5.41, 5.74) is 15.7. The summed E-state index contributed by atoms with van der Waals surface area (Å²) in [5.74, 6) is -11.1. The fraction of sp³-hybridized carbons (Fsp3) is 0.600. The smallest absolute Gasteiger partial charge is 0.322 e. The molecule has 6 atom stereocenters. The van der Waals surface area contributed by atoms with E-state index in [2.05, 4.69) is 69.8 Å². The van der Waals surface area contributed by atoms with Crippen molar-refractivity contribution in [1.82, 2.24) is 31.9 Å². The number of carboxylic acid groups (broad SMARTS) is 6. The molecule has 1 radical (unpaired) electrons. The summed E-state index contributed by atoms with van der Waals surface area (Å²) in [4.78, 5) is 131. The van der Waals surface area contributed by atoms with Gasteiger partial charge in [-0.05, 0) is 19.3 Å². The van der Waals surface area contributed by atoms with Crippen LogP contribution in [-0.2, 0) is 79.9 Å². The number of hydrogen-bond donors (Lipinski definition) is 18. The third-order valence-corrected chi connectivity index (χ3v) is 7.84. The van der Waals surface area contributed by atoms with Crippen molar-refractivity contribution < 1.29 is 111 Å². The SMILES string of the molecule is NC(CCC(=O)N[C@@H](CS)C(=O)NCC(=O)O)C(=O)O.NC(CCC(=O)N[C@@H](CS)C(=O)NCC(=O)O)C(=O)O.NC(CCC(=O)N[C@@H](CS)C(=O)NCC(=O)O)C(=O)O.[Ag]. The third kappa shape index (κ3) is 34.7. The molecule has 27 nitrogen and oxygen atoms in total. The summed E-state index contributed by atoms with van der Waals surface area (Å²) >= 11 is 11.6. The van der Waals surface area contributed by atoms with E-state index in [1.165, 1.54) is 0 Å². The molecule has 0 aliphatic heterocycles. The fourth-order valence-electron chi connectivity index (χ4n) is 3.47. The largest absolute Gasteiger partial charge is 0.480 e. The van der Waals surface area contributed by atoms with Crippen LogP contribution in [0.2, 0.25) is 0 Å². The molecule has 0 fully saturated rings. The number of hydrogen-bond acceptors (Lipinski definition) is 18. The minimum Gasteiger partial charge on any atom is -0.480 e. The van der Waals surface area contributed by atoms with Crippen molar-refractivity contribution >= 4 is 109 Å². The monoisotopic (exact) mass is 1030 g/mol. The van der Waals surface area contributed by atoms with Gasteiger partial charge in [0.1, 0.15) is 55.9 Å². The fourth-order valence-corrected chi connectivity index (χ4v) is 4.24. The van der Waals surface area contributed by atoms with E-state index in [4.69, 9.17) is 47.8 Å². The van der Waals surface area contributed by atoms with E-state index in [1.807, 2.05) is 0 Å². The molecule has 353 valence electrons. The van der Waals surface area contributed by atoms with Gasteiger partial charge in [-0.25, -0.2) is 0 Å². The van der Waals surface area contributed by atoms with Crippen molar-refractivity contribution in [3.05, 3.63) is 0 Å². The maximum Gasteiger partial charge on any atom is 0.322 e. The van der Waals surface area contributed by atoms with Crippen LogP contribution >= 0.6 is 37.9 Å². The van der Waals surface area contributed by atoms with Gasteiger partial charge in [-0.3, -0.25) is 57.5 Å². The zero-order valence-corrected chi connectivity index (χ0v) is 36.1. The molecule has 0 aliphatic rings. The summed E-state index contributed by atoms with van der Waals surface area (Å²) in [6, 6.07) is -6.45. The number of nitrogens with two attached hydrogens (primary N) is 3. The summed E-state index contributed by atoms with van der Waals surface area (Å²) in [5, 5.41) is 64.1. The summed E-state index contributed by atoms with van der Waals surface area (Å²) < 4.78 is 0. The van der Waals surface area contributed by atoms with Crippen LogP contribution in [-0.4, -0.2) is 175 Å². The van der Waals surface area contributed by atoms with Gasteiger partial charge in [0.25, 0.3) is 0 Å². The van der Waals surface area contributed by atoms with Crippen LogP contribution in [0.5, 0.6) is 0 Å². The molecule has 18 N–H and O–H groups in total. The van der Waals surface area contributed by atoms with Gasteiger partial charge >= 0.3 is 35.8 Å². The van der Waals surface area contributed by atoms with E-state index in [0.29, 0.717) is 0 Å². The topological polar surface area (TPSA) is 476 Å². The molecule has 3 unspecified atom stereocenters. The number of amides is 6. The van der Waals surface area contributed by atoms with Crippen LogP contribution in [0.4, 0.5) is 0 Å². The van der Waals surface area contributed by atoms with Crippen molar-refractivity contribution in [2.75, 3.05) is 36.9 Å². The molecule has 0 aromatic heterocycles. The molecule has 0 aliphatic carbocycles. The number of carbonyl (C=O) groups is 12. The van der Waals surface area contributed by atoms with Crippen LogP contribution in [0.1, 0.15) is 38.5 Å². The molecule has 0 rings (SSSR count). The Bertz CT molecular complexity index is 1350. The number of carboxylic acids is 6. The maximum absolute atomic E-state index is 11.5. The minimum absolute atomic E-state index is 0. The van der Waals surface area contributed by atoms with Gasteiger partial charge in [0.15, 0.2) is 0 Å². The van der Waals surface area contributed by atoms with E-state index in [0.717, 1.165) is 0 Å². The second-order valence-corrected chi connectivity index (χ2v) is 12.8. The number of aliphatic carboxylic acids is 6. The van der Waals surface area contributed by atoms with Crippen LogP contribution in [0.3, 0.4) is 0 Å². The van der Waals surface area contributed by atoms with Crippen molar-refractivity contribution in [3.63, 3.8) is 0 Å². The van der Waals surface area contributed by atoms with Gasteiger partial charge < -0.3 is 79.7 Å². The Balaban J connectivity index is -0.000000396. The molecule has 0 aromatic rings. The first-order chi connectivity index (χ1) is 27.8. The minimum atomic E-state index is -1.22. The van der Waals surface area contributed by atoms with Gasteiger partial charge in [0, 0.05) is 58.9 Å². The summed E-state index contributed by atoms with van der Waals surface area (Å²) in [6.45, 7) is -1.70.